The molecule has 0 atom stereocenters. The molecule has 4 aromatic rings. The number of amides is 4. The first-order valence-corrected chi connectivity index (χ1v) is 14.2. The number of rotatable bonds is 10. The molecule has 0 fully saturated rings. The Morgan fingerprint density at radius 2 is 1.48 bits per heavy atom. The van der Waals surface area contributed by atoms with Crippen LogP contribution in [0.15, 0.2) is 114 Å². The Hall–Kier alpha value is -5.02. The number of halogens is 1. The average Bonchev–Trinajstić information content (AvgIpc) is 3.25. The van der Waals surface area contributed by atoms with E-state index in [0.717, 1.165) is 4.90 Å². The zero-order chi connectivity index (χ0) is 29.5. The molecular formula is C33H26FN3O4S. The van der Waals surface area contributed by atoms with E-state index in [2.05, 4.69) is 10.6 Å². The van der Waals surface area contributed by atoms with Gasteiger partial charge in [-0.25, -0.2) is 4.39 Å². The predicted molar refractivity (Wildman–Crippen MR) is 161 cm³/mol. The minimum atomic E-state index is -0.615. The predicted octanol–water partition coefficient (Wildman–Crippen LogP) is 6.01. The van der Waals surface area contributed by atoms with Crippen LogP contribution >= 0.6 is 11.8 Å². The van der Waals surface area contributed by atoms with E-state index in [-0.39, 0.29) is 23.1 Å². The molecule has 4 aromatic carbocycles. The fraction of sp³-hybridized carbons (Fsp3) is 0.0909. The summed E-state index contributed by atoms with van der Waals surface area (Å²) in [7, 11) is 0. The minimum absolute atomic E-state index is 0.118. The van der Waals surface area contributed by atoms with E-state index in [1.165, 1.54) is 40.9 Å². The molecule has 9 heteroatoms. The monoisotopic (exact) mass is 579 g/mol. The average molecular weight is 580 g/mol. The number of thioether (sulfide) groups is 1. The van der Waals surface area contributed by atoms with Gasteiger partial charge in [-0.3, -0.25) is 24.1 Å². The molecule has 0 radical (unpaired) electrons. The highest BCUT2D eigenvalue weighted by molar-refractivity contribution is 7.99. The molecule has 210 valence electrons. The number of fused-ring (bicyclic) bond motifs is 1. The van der Waals surface area contributed by atoms with Gasteiger partial charge in [-0.1, -0.05) is 54.6 Å². The van der Waals surface area contributed by atoms with Crippen LogP contribution in [0.3, 0.4) is 0 Å². The number of nitrogens with one attached hydrogen (secondary N) is 2. The van der Waals surface area contributed by atoms with E-state index < -0.39 is 17.6 Å². The van der Waals surface area contributed by atoms with Crippen molar-refractivity contribution >= 4 is 47.2 Å². The molecule has 0 unspecified atom stereocenters. The molecule has 4 amide bonds. The molecular weight excluding hydrogens is 553 g/mol. The summed E-state index contributed by atoms with van der Waals surface area (Å²) in [5.41, 5.74) is 1.73. The number of anilines is 1. The van der Waals surface area contributed by atoms with Crippen LogP contribution in [-0.2, 0) is 4.79 Å². The highest BCUT2D eigenvalue weighted by Crippen LogP contribution is 2.25. The maximum absolute atomic E-state index is 14.4. The highest BCUT2D eigenvalue weighted by Gasteiger charge is 2.34. The van der Waals surface area contributed by atoms with Crippen molar-refractivity contribution in [1.29, 1.82) is 0 Å². The number of benzene rings is 4. The van der Waals surface area contributed by atoms with Crippen molar-refractivity contribution in [2.24, 2.45) is 0 Å². The Bertz CT molecular complexity index is 1650. The van der Waals surface area contributed by atoms with E-state index in [0.29, 0.717) is 41.1 Å². The van der Waals surface area contributed by atoms with Crippen LogP contribution in [0.2, 0.25) is 0 Å². The lowest BCUT2D eigenvalue weighted by molar-refractivity contribution is -0.113. The van der Waals surface area contributed by atoms with E-state index >= 15 is 0 Å². The van der Waals surface area contributed by atoms with Crippen LogP contribution in [-0.4, -0.2) is 40.8 Å². The fourth-order valence-electron chi connectivity index (χ4n) is 4.41. The molecule has 5 rings (SSSR count). The van der Waals surface area contributed by atoms with Gasteiger partial charge in [0.05, 0.1) is 11.1 Å². The van der Waals surface area contributed by atoms with Crippen molar-refractivity contribution in [1.82, 2.24) is 10.2 Å². The van der Waals surface area contributed by atoms with Gasteiger partial charge in [0.25, 0.3) is 23.6 Å². The van der Waals surface area contributed by atoms with Gasteiger partial charge in [0, 0.05) is 28.3 Å². The van der Waals surface area contributed by atoms with Crippen LogP contribution in [0.25, 0.3) is 6.08 Å². The summed E-state index contributed by atoms with van der Waals surface area (Å²) in [5, 5.41) is 5.39. The smallest absolute Gasteiger partial charge is 0.272 e. The van der Waals surface area contributed by atoms with Gasteiger partial charge in [0.1, 0.15) is 11.5 Å². The summed E-state index contributed by atoms with van der Waals surface area (Å²) in [6.07, 6.45) is 1.89. The third-order valence-electron chi connectivity index (χ3n) is 6.50. The van der Waals surface area contributed by atoms with Gasteiger partial charge >= 0.3 is 0 Å². The van der Waals surface area contributed by atoms with E-state index in [9.17, 15) is 23.6 Å². The summed E-state index contributed by atoms with van der Waals surface area (Å²) in [4.78, 5) is 53.3. The summed E-state index contributed by atoms with van der Waals surface area (Å²) >= 11 is 1.52. The van der Waals surface area contributed by atoms with Gasteiger partial charge in [0.2, 0.25) is 0 Å². The van der Waals surface area contributed by atoms with Gasteiger partial charge in [-0.15, -0.1) is 11.8 Å². The Kier molecular flexibility index (Phi) is 8.89. The SMILES string of the molecule is O=C(Nc1cccc(SCCCN2C(=O)c3ccccc3C2=O)c1)/C(=C\c1ccccc1F)NC(=O)c1ccccc1. The topological polar surface area (TPSA) is 95.6 Å². The second kappa shape index (κ2) is 13.1. The van der Waals surface area contributed by atoms with Crippen molar-refractivity contribution < 1.29 is 23.6 Å². The maximum Gasteiger partial charge on any atom is 0.272 e. The third kappa shape index (κ3) is 6.64. The standard InChI is InChI=1S/C33H26FN3O4S/c34-28-17-7-4-12-23(28)20-29(36-30(38)22-10-2-1-3-11-22)31(39)35-24-13-8-14-25(21-24)42-19-9-18-37-32(40)26-15-5-6-16-27(26)33(37)41/h1-8,10-17,20-21H,9,18-19H2,(H,35,39)(H,36,38)/b29-20+. The van der Waals surface area contributed by atoms with E-state index in [1.807, 2.05) is 6.07 Å². The molecule has 0 spiro atoms. The summed E-state index contributed by atoms with van der Waals surface area (Å²) in [6.45, 7) is 0.307. The normalized spacial score (nSPS) is 12.7. The molecule has 7 nitrogen and oxygen atoms in total. The van der Waals surface area contributed by atoms with Crippen LogP contribution < -0.4 is 10.6 Å². The third-order valence-corrected chi connectivity index (χ3v) is 7.58. The summed E-state index contributed by atoms with van der Waals surface area (Å²) in [6, 6.07) is 28.3. The molecule has 0 aromatic heterocycles. The largest absolute Gasteiger partial charge is 0.321 e. The van der Waals surface area contributed by atoms with Gasteiger partial charge in [-0.05, 0) is 66.8 Å². The van der Waals surface area contributed by atoms with E-state index in [1.54, 1.807) is 78.9 Å². The quantitative estimate of drug-likeness (QED) is 0.104. The fourth-order valence-corrected chi connectivity index (χ4v) is 5.30. The number of nitrogens with zero attached hydrogens (tertiary/aromatic N) is 1. The number of imide groups is 1. The lowest BCUT2D eigenvalue weighted by Crippen LogP contribution is -2.31. The molecule has 42 heavy (non-hydrogen) atoms. The Morgan fingerprint density at radius 1 is 0.810 bits per heavy atom. The number of hydrogen-bond acceptors (Lipinski definition) is 5. The van der Waals surface area contributed by atoms with Crippen LogP contribution in [0.5, 0.6) is 0 Å². The molecule has 0 aliphatic carbocycles. The lowest BCUT2D eigenvalue weighted by atomic mass is 10.1. The molecule has 0 bridgehead atoms. The highest BCUT2D eigenvalue weighted by atomic mass is 32.2. The Morgan fingerprint density at radius 3 is 2.19 bits per heavy atom. The van der Waals surface area contributed by atoms with Crippen molar-refractivity contribution in [2.45, 2.75) is 11.3 Å². The van der Waals surface area contributed by atoms with Crippen LogP contribution in [0.1, 0.15) is 43.1 Å². The molecule has 1 aliphatic rings. The van der Waals surface area contributed by atoms with Crippen LogP contribution in [0, 0.1) is 5.82 Å². The molecule has 1 aliphatic heterocycles. The number of carbonyl (C=O) groups excluding carboxylic acids is 4. The zero-order valence-electron chi connectivity index (χ0n) is 22.4. The summed E-state index contributed by atoms with van der Waals surface area (Å²) < 4.78 is 14.4. The van der Waals surface area contributed by atoms with Crippen molar-refractivity contribution in [2.75, 3.05) is 17.6 Å². The number of hydrogen-bond donors (Lipinski definition) is 2. The van der Waals surface area contributed by atoms with Gasteiger partial charge < -0.3 is 10.6 Å². The molecule has 2 N–H and O–H groups in total. The van der Waals surface area contributed by atoms with Gasteiger partial charge in [0.15, 0.2) is 0 Å². The van der Waals surface area contributed by atoms with Crippen LogP contribution in [0.4, 0.5) is 10.1 Å². The van der Waals surface area contributed by atoms with Crippen molar-refractivity contribution in [3.8, 4) is 0 Å². The minimum Gasteiger partial charge on any atom is -0.321 e. The van der Waals surface area contributed by atoms with Crippen molar-refractivity contribution in [3.63, 3.8) is 0 Å². The zero-order valence-corrected chi connectivity index (χ0v) is 23.2. The van der Waals surface area contributed by atoms with E-state index in [4.69, 9.17) is 0 Å². The van der Waals surface area contributed by atoms with Crippen molar-refractivity contribution in [3.05, 3.63) is 137 Å². The summed E-state index contributed by atoms with van der Waals surface area (Å²) in [5.74, 6) is -1.56. The Balaban J connectivity index is 1.22. The Labute approximate surface area is 246 Å². The second-order valence-corrected chi connectivity index (χ2v) is 10.6. The lowest BCUT2D eigenvalue weighted by Gasteiger charge is -2.14. The number of carbonyl (C=O) groups is 4. The first-order chi connectivity index (χ1) is 20.4. The maximum atomic E-state index is 14.4. The second-order valence-electron chi connectivity index (χ2n) is 9.39. The molecule has 0 saturated carbocycles. The van der Waals surface area contributed by atoms with Gasteiger partial charge in [-0.2, -0.15) is 0 Å². The molecule has 0 saturated heterocycles. The molecule has 1 heterocycles. The first kappa shape index (κ1) is 28.5. The first-order valence-electron chi connectivity index (χ1n) is 13.2.